The molecule has 2 saturated heterocycles. The van der Waals surface area contributed by atoms with E-state index >= 15 is 0 Å². The highest BCUT2D eigenvalue weighted by molar-refractivity contribution is 6.09. The van der Waals surface area contributed by atoms with Crippen LogP contribution in [0.1, 0.15) is 25.0 Å². The van der Waals surface area contributed by atoms with Gasteiger partial charge in [0.05, 0.1) is 13.2 Å². The van der Waals surface area contributed by atoms with E-state index in [9.17, 15) is 40.9 Å². The largest absolute Gasteiger partial charge is 0.394 e. The molecule has 3 aromatic rings. The molecule has 0 unspecified atom stereocenters. The van der Waals surface area contributed by atoms with Crippen molar-refractivity contribution in [1.82, 2.24) is 4.57 Å². The Bertz CT molecular complexity index is 1460. The second-order valence-electron chi connectivity index (χ2n) is 11.5. The van der Waals surface area contributed by atoms with Crippen molar-refractivity contribution in [3.63, 3.8) is 0 Å². The molecule has 5 rings (SSSR count). The number of hydrogen-bond acceptors (Lipinski definition) is 10. The van der Waals surface area contributed by atoms with Gasteiger partial charge in [-0.25, -0.2) is 0 Å². The summed E-state index contributed by atoms with van der Waals surface area (Å²) in [7, 11) is 0. The van der Waals surface area contributed by atoms with Crippen molar-refractivity contribution >= 4 is 21.8 Å². The Hall–Kier alpha value is -3.04. The molecule has 2 aliphatic rings. The minimum Gasteiger partial charge on any atom is -0.394 e. The van der Waals surface area contributed by atoms with Crippen LogP contribution in [0.5, 0.6) is 0 Å². The average molecular weight is 596 g/mol. The Morgan fingerprint density at radius 1 is 0.651 bits per heavy atom. The fourth-order valence-electron chi connectivity index (χ4n) is 5.57. The van der Waals surface area contributed by atoms with Crippen molar-refractivity contribution in [3.05, 3.63) is 47.5 Å². The number of fused-ring (bicyclic) bond motifs is 3. The maximum atomic E-state index is 10.3. The molecule has 1 aromatic heterocycles. The number of benzene rings is 2. The molecule has 0 amide bonds. The highest BCUT2D eigenvalue weighted by Gasteiger charge is 2.43. The quantitative estimate of drug-likeness (QED) is 0.171. The van der Waals surface area contributed by atoms with Crippen LogP contribution < -0.4 is 0 Å². The van der Waals surface area contributed by atoms with E-state index in [0.29, 0.717) is 17.0 Å². The zero-order valence-corrected chi connectivity index (χ0v) is 23.8. The lowest BCUT2D eigenvalue weighted by molar-refractivity contribution is -0.214. The number of nitrogens with zero attached hydrogens (tertiary/aromatic N) is 1. The van der Waals surface area contributed by atoms with Crippen LogP contribution in [0.2, 0.25) is 0 Å². The summed E-state index contributed by atoms with van der Waals surface area (Å²) in [6, 6.07) is 11.4. The predicted molar refractivity (Wildman–Crippen MR) is 156 cm³/mol. The van der Waals surface area contributed by atoms with Crippen molar-refractivity contribution in [2.75, 3.05) is 13.2 Å². The summed E-state index contributed by atoms with van der Waals surface area (Å²) in [4.78, 5) is 0. The SMILES string of the molecule is CC(C)Cn1c2ccc(C#C[C@H]3O[C@H](CO)[C@@H](O)[C@H](O)[C@@H]3O)cc2c2cc(C#C[C@H]3O[C@H](CO)[C@@H](O)[C@H](O)[C@@H]3O)ccc21. The molecule has 43 heavy (non-hydrogen) atoms. The van der Waals surface area contributed by atoms with E-state index in [1.165, 1.54) is 0 Å². The van der Waals surface area contributed by atoms with E-state index in [-0.39, 0.29) is 0 Å². The van der Waals surface area contributed by atoms with Crippen LogP contribution in [0.15, 0.2) is 36.4 Å². The Morgan fingerprint density at radius 3 is 1.44 bits per heavy atom. The van der Waals surface area contributed by atoms with Gasteiger partial charge in [-0.15, -0.1) is 0 Å². The zero-order chi connectivity index (χ0) is 31.0. The van der Waals surface area contributed by atoms with Crippen LogP contribution >= 0.6 is 0 Å². The monoisotopic (exact) mass is 595 g/mol. The number of ether oxygens (including phenoxy) is 2. The van der Waals surface area contributed by atoms with Gasteiger partial charge in [-0.05, 0) is 42.3 Å². The predicted octanol–water partition coefficient (Wildman–Crippen LogP) is -1.16. The third kappa shape index (κ3) is 6.16. The van der Waals surface area contributed by atoms with Crippen molar-refractivity contribution in [1.29, 1.82) is 0 Å². The van der Waals surface area contributed by atoms with Crippen molar-refractivity contribution < 1.29 is 50.3 Å². The minimum absolute atomic E-state index is 0.357. The second kappa shape index (κ2) is 12.9. The summed E-state index contributed by atoms with van der Waals surface area (Å²) in [6.07, 6.45) is -13.2. The third-order valence-corrected chi connectivity index (χ3v) is 7.91. The first-order valence-corrected chi connectivity index (χ1v) is 14.2. The van der Waals surface area contributed by atoms with Crippen LogP contribution in [0.4, 0.5) is 0 Å². The lowest BCUT2D eigenvalue weighted by Gasteiger charge is -2.37. The fraction of sp³-hybridized carbons (Fsp3) is 0.500. The molecule has 2 fully saturated rings. The summed E-state index contributed by atoms with van der Waals surface area (Å²) in [5.41, 5.74) is 3.18. The molecule has 11 heteroatoms. The topological polar surface area (TPSA) is 185 Å². The smallest absolute Gasteiger partial charge is 0.147 e. The minimum atomic E-state index is -1.51. The van der Waals surface area contributed by atoms with E-state index < -0.39 is 74.3 Å². The molecule has 0 radical (unpaired) electrons. The standard InChI is InChI=1S/C32H37NO10/c1-16(2)13-33-21-7-3-17(5-9-23-27(36)31(40)29(38)25(14-34)42-23)11-19(21)20-12-18(4-8-22(20)33)6-10-24-28(37)32(41)30(39)26(15-35)43-24/h3-4,7-8,11-12,16,23-32,34-41H,13-15H2,1-2H3/t23-,24-,25-,26-,27-,28-,29-,30-,31-,32-/m1/s1. The zero-order valence-electron chi connectivity index (χ0n) is 23.8. The second-order valence-corrected chi connectivity index (χ2v) is 11.5. The summed E-state index contributed by atoms with van der Waals surface area (Å²) < 4.78 is 13.2. The molecule has 0 bridgehead atoms. The van der Waals surface area contributed by atoms with Crippen molar-refractivity contribution in [3.8, 4) is 23.7 Å². The Morgan fingerprint density at radius 2 is 1.07 bits per heavy atom. The molecule has 10 atom stereocenters. The molecule has 2 aromatic carbocycles. The van der Waals surface area contributed by atoms with Crippen LogP contribution in [0.3, 0.4) is 0 Å². The van der Waals surface area contributed by atoms with Gasteiger partial charge >= 0.3 is 0 Å². The van der Waals surface area contributed by atoms with E-state index in [1.807, 2.05) is 36.4 Å². The first kappa shape index (κ1) is 31.4. The van der Waals surface area contributed by atoms with Gasteiger partial charge in [-0.2, -0.15) is 0 Å². The Labute approximate surface area is 248 Å². The summed E-state index contributed by atoms with van der Waals surface area (Å²) in [6.45, 7) is 3.93. The maximum absolute atomic E-state index is 10.3. The van der Waals surface area contributed by atoms with Gasteiger partial charge in [-0.3, -0.25) is 0 Å². The van der Waals surface area contributed by atoms with Crippen LogP contribution in [0.25, 0.3) is 21.8 Å². The molecule has 0 spiro atoms. The Kier molecular flexibility index (Phi) is 9.42. The molecular weight excluding hydrogens is 558 g/mol. The highest BCUT2D eigenvalue weighted by Crippen LogP contribution is 2.32. The van der Waals surface area contributed by atoms with Gasteiger partial charge in [0.2, 0.25) is 0 Å². The number of hydrogen-bond donors (Lipinski definition) is 8. The first-order chi connectivity index (χ1) is 20.5. The van der Waals surface area contributed by atoms with Gasteiger partial charge in [-0.1, -0.05) is 37.5 Å². The molecule has 0 aliphatic carbocycles. The molecule has 3 heterocycles. The van der Waals surface area contributed by atoms with Gasteiger partial charge in [0, 0.05) is 39.5 Å². The Balaban J connectivity index is 1.51. The summed E-state index contributed by atoms with van der Waals surface area (Å²) in [5.74, 6) is 11.9. The van der Waals surface area contributed by atoms with Gasteiger partial charge in [0.25, 0.3) is 0 Å². The third-order valence-electron chi connectivity index (χ3n) is 7.91. The summed E-state index contributed by atoms with van der Waals surface area (Å²) in [5, 5.41) is 81.6. The number of aromatic nitrogens is 1. The molecule has 0 saturated carbocycles. The van der Waals surface area contributed by atoms with Crippen LogP contribution in [-0.2, 0) is 16.0 Å². The lowest BCUT2D eigenvalue weighted by Crippen LogP contribution is -2.58. The molecular formula is C32H37NO10. The van der Waals surface area contributed by atoms with E-state index in [0.717, 1.165) is 28.4 Å². The molecule has 230 valence electrons. The average Bonchev–Trinajstić information content (AvgIpc) is 3.29. The van der Waals surface area contributed by atoms with E-state index in [4.69, 9.17) is 9.47 Å². The normalized spacial score (nSPS) is 32.8. The van der Waals surface area contributed by atoms with Crippen molar-refractivity contribution in [2.24, 2.45) is 5.92 Å². The number of aliphatic hydroxyl groups is 8. The highest BCUT2D eigenvalue weighted by atomic mass is 16.5. The van der Waals surface area contributed by atoms with Gasteiger partial charge in [0.15, 0.2) is 0 Å². The van der Waals surface area contributed by atoms with E-state index in [2.05, 4.69) is 42.1 Å². The van der Waals surface area contributed by atoms with Crippen LogP contribution in [-0.4, -0.2) is 120 Å². The van der Waals surface area contributed by atoms with E-state index in [1.54, 1.807) is 0 Å². The fourth-order valence-corrected chi connectivity index (χ4v) is 5.57. The van der Waals surface area contributed by atoms with Gasteiger partial charge < -0.3 is 54.9 Å². The van der Waals surface area contributed by atoms with Crippen molar-refractivity contribution in [2.45, 2.75) is 81.4 Å². The lowest BCUT2D eigenvalue weighted by atomic mass is 9.95. The maximum Gasteiger partial charge on any atom is 0.147 e. The number of aliphatic hydroxyl groups excluding tert-OH is 8. The first-order valence-electron chi connectivity index (χ1n) is 14.2. The van der Waals surface area contributed by atoms with Crippen LogP contribution in [0, 0.1) is 29.6 Å². The molecule has 8 N–H and O–H groups in total. The number of rotatable bonds is 4. The molecule has 2 aliphatic heterocycles. The molecule has 11 nitrogen and oxygen atoms in total. The van der Waals surface area contributed by atoms with Gasteiger partial charge in [0.1, 0.15) is 61.0 Å². The summed E-state index contributed by atoms with van der Waals surface area (Å²) >= 11 is 0.